The first-order valence-electron chi connectivity index (χ1n) is 6.21. The molecule has 1 aromatic carbocycles. The minimum Gasteiger partial charge on any atom is -0.388 e. The van der Waals surface area contributed by atoms with Gasteiger partial charge in [-0.25, -0.2) is 8.78 Å². The van der Waals surface area contributed by atoms with Crippen molar-refractivity contribution in [1.82, 2.24) is 0 Å². The zero-order chi connectivity index (χ0) is 12.4. The van der Waals surface area contributed by atoms with E-state index in [0.717, 1.165) is 37.8 Å². The number of rotatable bonds is 2. The number of halogens is 2. The number of hydrogen-bond acceptors (Lipinski definition) is 1. The van der Waals surface area contributed by atoms with Crippen LogP contribution in [0.15, 0.2) is 18.2 Å². The molecule has 1 aromatic rings. The van der Waals surface area contributed by atoms with Crippen LogP contribution in [-0.2, 0) is 0 Å². The summed E-state index contributed by atoms with van der Waals surface area (Å²) in [6, 6.07) is 3.67. The SMILES string of the molecule is CC1CCC(C(O)c2ccc(F)c(F)c2)CC1. The van der Waals surface area contributed by atoms with Gasteiger partial charge in [0.15, 0.2) is 11.6 Å². The third-order valence-electron chi connectivity index (χ3n) is 3.79. The summed E-state index contributed by atoms with van der Waals surface area (Å²) in [4.78, 5) is 0. The summed E-state index contributed by atoms with van der Waals surface area (Å²) in [5, 5.41) is 10.2. The van der Waals surface area contributed by atoms with Crippen LogP contribution in [0.3, 0.4) is 0 Å². The molecule has 1 unspecified atom stereocenters. The van der Waals surface area contributed by atoms with Gasteiger partial charge in [-0.05, 0) is 42.4 Å². The zero-order valence-electron chi connectivity index (χ0n) is 10.00. The van der Waals surface area contributed by atoms with Gasteiger partial charge in [-0.3, -0.25) is 0 Å². The van der Waals surface area contributed by atoms with Gasteiger partial charge in [0.05, 0.1) is 6.10 Å². The van der Waals surface area contributed by atoms with E-state index in [4.69, 9.17) is 0 Å². The second kappa shape index (κ2) is 5.13. The van der Waals surface area contributed by atoms with Crippen molar-refractivity contribution in [3.8, 4) is 0 Å². The Kier molecular flexibility index (Phi) is 3.77. The molecule has 3 heteroatoms. The fourth-order valence-corrected chi connectivity index (χ4v) is 2.57. The number of aliphatic hydroxyl groups excluding tert-OH is 1. The van der Waals surface area contributed by atoms with E-state index in [1.54, 1.807) is 0 Å². The molecule has 94 valence electrons. The van der Waals surface area contributed by atoms with Crippen LogP contribution < -0.4 is 0 Å². The summed E-state index contributed by atoms with van der Waals surface area (Å²) in [7, 11) is 0. The normalized spacial score (nSPS) is 26.8. The Morgan fingerprint density at radius 3 is 2.35 bits per heavy atom. The monoisotopic (exact) mass is 240 g/mol. The lowest BCUT2D eigenvalue weighted by molar-refractivity contribution is 0.0752. The molecule has 0 amide bonds. The van der Waals surface area contributed by atoms with Gasteiger partial charge in [-0.2, -0.15) is 0 Å². The average Bonchev–Trinajstić information content (AvgIpc) is 2.33. The van der Waals surface area contributed by atoms with Crippen LogP contribution in [0.2, 0.25) is 0 Å². The van der Waals surface area contributed by atoms with Gasteiger partial charge in [-0.1, -0.05) is 25.8 Å². The van der Waals surface area contributed by atoms with Gasteiger partial charge in [0, 0.05) is 0 Å². The predicted octanol–water partition coefficient (Wildman–Crippen LogP) is 3.82. The fraction of sp³-hybridized carbons (Fsp3) is 0.571. The summed E-state index contributed by atoms with van der Waals surface area (Å²) in [5.41, 5.74) is 0.489. The standard InChI is InChI=1S/C14H18F2O/c1-9-2-4-10(5-3-9)14(17)11-6-7-12(15)13(16)8-11/h6-10,14,17H,2-5H2,1H3. The van der Waals surface area contributed by atoms with Gasteiger partial charge in [0.2, 0.25) is 0 Å². The molecule has 0 aliphatic heterocycles. The Balaban J connectivity index is 2.08. The molecule has 0 bridgehead atoms. The van der Waals surface area contributed by atoms with Crippen molar-refractivity contribution in [2.24, 2.45) is 11.8 Å². The first-order chi connectivity index (χ1) is 8.08. The van der Waals surface area contributed by atoms with Gasteiger partial charge >= 0.3 is 0 Å². The smallest absolute Gasteiger partial charge is 0.159 e. The van der Waals surface area contributed by atoms with E-state index < -0.39 is 17.7 Å². The van der Waals surface area contributed by atoms with Gasteiger partial charge < -0.3 is 5.11 Å². The molecule has 1 aliphatic carbocycles. The highest BCUT2D eigenvalue weighted by molar-refractivity contribution is 5.20. The lowest BCUT2D eigenvalue weighted by Crippen LogP contribution is -2.19. The van der Waals surface area contributed by atoms with Crippen LogP contribution in [0.4, 0.5) is 8.78 Å². The topological polar surface area (TPSA) is 20.2 Å². The third-order valence-corrected chi connectivity index (χ3v) is 3.79. The molecule has 1 atom stereocenters. The van der Waals surface area contributed by atoms with Crippen molar-refractivity contribution in [3.63, 3.8) is 0 Å². The molecule has 0 heterocycles. The quantitative estimate of drug-likeness (QED) is 0.833. The Labute approximate surface area is 100 Å². The zero-order valence-corrected chi connectivity index (χ0v) is 10.00. The third kappa shape index (κ3) is 2.83. The van der Waals surface area contributed by atoms with E-state index in [1.165, 1.54) is 6.07 Å². The Morgan fingerprint density at radius 2 is 1.76 bits per heavy atom. The largest absolute Gasteiger partial charge is 0.388 e. The second-order valence-corrected chi connectivity index (χ2v) is 5.14. The van der Waals surface area contributed by atoms with Crippen LogP contribution in [0.25, 0.3) is 0 Å². The van der Waals surface area contributed by atoms with Gasteiger partial charge in [0.1, 0.15) is 0 Å². The van der Waals surface area contributed by atoms with E-state index >= 15 is 0 Å². The Hall–Kier alpha value is -0.960. The Morgan fingerprint density at radius 1 is 1.12 bits per heavy atom. The molecule has 1 N–H and O–H groups in total. The highest BCUT2D eigenvalue weighted by Crippen LogP contribution is 2.36. The van der Waals surface area contributed by atoms with Gasteiger partial charge in [0.25, 0.3) is 0 Å². The van der Waals surface area contributed by atoms with Crippen LogP contribution in [0.5, 0.6) is 0 Å². The van der Waals surface area contributed by atoms with Crippen LogP contribution in [-0.4, -0.2) is 5.11 Å². The number of benzene rings is 1. The van der Waals surface area contributed by atoms with Crippen molar-refractivity contribution in [2.75, 3.05) is 0 Å². The average molecular weight is 240 g/mol. The molecular formula is C14H18F2O. The lowest BCUT2D eigenvalue weighted by atomic mass is 9.78. The molecule has 1 nitrogen and oxygen atoms in total. The highest BCUT2D eigenvalue weighted by Gasteiger charge is 2.26. The molecule has 17 heavy (non-hydrogen) atoms. The summed E-state index contributed by atoms with van der Waals surface area (Å²) in [5.74, 6) is -0.858. The maximum absolute atomic E-state index is 13.1. The highest BCUT2D eigenvalue weighted by atomic mass is 19.2. The van der Waals surface area contributed by atoms with E-state index in [0.29, 0.717) is 11.5 Å². The minimum absolute atomic E-state index is 0.177. The van der Waals surface area contributed by atoms with E-state index in [1.807, 2.05) is 0 Å². The van der Waals surface area contributed by atoms with Crippen molar-refractivity contribution >= 4 is 0 Å². The van der Waals surface area contributed by atoms with E-state index in [9.17, 15) is 13.9 Å². The summed E-state index contributed by atoms with van der Waals surface area (Å²) in [6.45, 7) is 2.21. The second-order valence-electron chi connectivity index (χ2n) is 5.14. The first kappa shape index (κ1) is 12.5. The molecule has 2 rings (SSSR count). The van der Waals surface area contributed by atoms with Crippen LogP contribution >= 0.6 is 0 Å². The van der Waals surface area contributed by atoms with Crippen LogP contribution in [0, 0.1) is 23.5 Å². The molecule has 1 saturated carbocycles. The van der Waals surface area contributed by atoms with E-state index in [2.05, 4.69) is 6.92 Å². The maximum atomic E-state index is 13.1. The van der Waals surface area contributed by atoms with Crippen molar-refractivity contribution in [2.45, 2.75) is 38.7 Å². The van der Waals surface area contributed by atoms with Crippen LogP contribution in [0.1, 0.15) is 44.3 Å². The summed E-state index contributed by atoms with van der Waals surface area (Å²) >= 11 is 0. The van der Waals surface area contributed by atoms with E-state index in [-0.39, 0.29) is 5.92 Å². The van der Waals surface area contributed by atoms with Gasteiger partial charge in [-0.15, -0.1) is 0 Å². The lowest BCUT2D eigenvalue weighted by Gasteiger charge is -2.30. The molecule has 0 saturated heterocycles. The molecular weight excluding hydrogens is 222 g/mol. The molecule has 0 spiro atoms. The molecule has 0 aromatic heterocycles. The van der Waals surface area contributed by atoms with Crippen molar-refractivity contribution in [3.05, 3.63) is 35.4 Å². The maximum Gasteiger partial charge on any atom is 0.159 e. The van der Waals surface area contributed by atoms with Crippen molar-refractivity contribution < 1.29 is 13.9 Å². The summed E-state index contributed by atoms with van der Waals surface area (Å²) < 4.78 is 25.9. The minimum atomic E-state index is -0.884. The molecule has 0 radical (unpaired) electrons. The number of hydrogen-bond donors (Lipinski definition) is 1. The fourth-order valence-electron chi connectivity index (χ4n) is 2.57. The molecule has 1 aliphatic rings. The van der Waals surface area contributed by atoms with Crippen molar-refractivity contribution in [1.29, 1.82) is 0 Å². The Bertz CT molecular complexity index is 384. The first-order valence-corrected chi connectivity index (χ1v) is 6.21. The summed E-state index contributed by atoms with van der Waals surface area (Å²) in [6.07, 6.45) is 3.46. The molecule has 1 fully saturated rings. The number of aliphatic hydroxyl groups is 1. The predicted molar refractivity (Wildman–Crippen MR) is 62.4 cm³/mol.